The van der Waals surface area contributed by atoms with Crippen molar-refractivity contribution in [3.8, 4) is 10.6 Å². The van der Waals surface area contributed by atoms with Crippen molar-refractivity contribution in [1.82, 2.24) is 15.3 Å². The number of anilines is 1. The number of primary amides is 1. The molecule has 27 heavy (non-hydrogen) atoms. The predicted octanol–water partition coefficient (Wildman–Crippen LogP) is 3.34. The number of nitrogens with two attached hydrogens (primary N) is 1. The number of carbonyl (C=O) groups excluding carboxylic acids is 1. The maximum absolute atomic E-state index is 11.0. The van der Waals surface area contributed by atoms with Gasteiger partial charge in [0.2, 0.25) is 11.9 Å². The summed E-state index contributed by atoms with van der Waals surface area (Å²) in [5.74, 6) is 0.393. The number of thiophene rings is 1. The van der Waals surface area contributed by atoms with Crippen molar-refractivity contribution < 1.29 is 4.79 Å². The summed E-state index contributed by atoms with van der Waals surface area (Å²) in [4.78, 5) is 22.3. The summed E-state index contributed by atoms with van der Waals surface area (Å²) >= 11 is 1.65. The number of hydrogen-bond acceptors (Lipinski definition) is 6. The summed E-state index contributed by atoms with van der Waals surface area (Å²) in [5.41, 5.74) is 6.27. The van der Waals surface area contributed by atoms with E-state index in [1.54, 1.807) is 17.5 Å². The van der Waals surface area contributed by atoms with Crippen LogP contribution in [0.1, 0.15) is 51.8 Å². The molecular weight excluding hydrogens is 358 g/mol. The van der Waals surface area contributed by atoms with E-state index >= 15 is 0 Å². The molecule has 0 atom stereocenters. The van der Waals surface area contributed by atoms with Crippen molar-refractivity contribution in [2.75, 3.05) is 5.32 Å². The number of piperidine rings is 1. The van der Waals surface area contributed by atoms with E-state index in [9.17, 15) is 4.79 Å². The minimum atomic E-state index is -0.272. The van der Waals surface area contributed by atoms with Gasteiger partial charge >= 0.3 is 0 Å². The molecule has 0 aromatic carbocycles. The van der Waals surface area contributed by atoms with E-state index in [2.05, 4.69) is 43.3 Å². The van der Waals surface area contributed by atoms with Crippen LogP contribution in [0.2, 0.25) is 0 Å². The van der Waals surface area contributed by atoms with Crippen LogP contribution in [0.3, 0.4) is 0 Å². The molecule has 146 valence electrons. The van der Waals surface area contributed by atoms with Crippen LogP contribution in [-0.2, 0) is 11.2 Å². The average Bonchev–Trinajstić information content (AvgIpc) is 2.99. The lowest BCUT2D eigenvalue weighted by molar-refractivity contribution is -0.117. The molecule has 0 unspecified atom stereocenters. The first kappa shape index (κ1) is 19.8. The van der Waals surface area contributed by atoms with Gasteiger partial charge in [-0.05, 0) is 65.2 Å². The lowest BCUT2D eigenvalue weighted by Gasteiger charge is -2.46. The van der Waals surface area contributed by atoms with Gasteiger partial charge in [0.1, 0.15) is 0 Å². The van der Waals surface area contributed by atoms with Crippen molar-refractivity contribution in [3.05, 3.63) is 29.3 Å². The smallest absolute Gasteiger partial charge is 0.223 e. The Bertz CT molecular complexity index is 798. The third kappa shape index (κ3) is 5.49. The Morgan fingerprint density at radius 2 is 1.96 bits per heavy atom. The van der Waals surface area contributed by atoms with Gasteiger partial charge in [0.25, 0.3) is 0 Å². The largest absolute Gasteiger partial charge is 0.370 e. The third-order valence-electron chi connectivity index (χ3n) is 4.71. The Kier molecular flexibility index (Phi) is 5.53. The summed E-state index contributed by atoms with van der Waals surface area (Å²) in [6, 6.07) is 6.33. The molecule has 4 N–H and O–H groups in total. The first-order valence-electron chi connectivity index (χ1n) is 9.38. The number of nitrogens with zero attached hydrogens (tertiary/aromatic N) is 2. The maximum atomic E-state index is 11.0. The Morgan fingerprint density at radius 1 is 1.26 bits per heavy atom. The standard InChI is InChI=1S/C20H29N5OS/c1-19(2)11-13(12-20(3,4)25-19)23-18-22-10-9-15(24-18)16-7-5-14(27-16)6-8-17(21)26/h5,7,9-10,13,25H,6,8,11-12H2,1-4H3,(H2,21,26)(H,22,23,24). The minimum Gasteiger partial charge on any atom is -0.370 e. The van der Waals surface area contributed by atoms with Crippen LogP contribution >= 0.6 is 11.3 Å². The second-order valence-electron chi connectivity index (χ2n) is 8.64. The molecule has 0 radical (unpaired) electrons. The van der Waals surface area contributed by atoms with Crippen LogP contribution in [0, 0.1) is 0 Å². The van der Waals surface area contributed by atoms with Crippen molar-refractivity contribution in [3.63, 3.8) is 0 Å². The minimum absolute atomic E-state index is 0.0696. The predicted molar refractivity (Wildman–Crippen MR) is 111 cm³/mol. The number of carbonyl (C=O) groups is 1. The van der Waals surface area contributed by atoms with Crippen LogP contribution in [0.4, 0.5) is 5.95 Å². The van der Waals surface area contributed by atoms with Gasteiger partial charge in [0.15, 0.2) is 0 Å². The van der Waals surface area contributed by atoms with E-state index in [1.807, 2.05) is 18.2 Å². The molecule has 1 aliphatic rings. The van der Waals surface area contributed by atoms with Gasteiger partial charge in [-0.15, -0.1) is 11.3 Å². The van der Waals surface area contributed by atoms with Gasteiger partial charge in [-0.3, -0.25) is 4.79 Å². The van der Waals surface area contributed by atoms with Crippen molar-refractivity contribution in [2.24, 2.45) is 5.73 Å². The zero-order valence-electron chi connectivity index (χ0n) is 16.5. The molecule has 2 aromatic heterocycles. The molecule has 0 spiro atoms. The number of aromatic nitrogens is 2. The van der Waals surface area contributed by atoms with Gasteiger partial charge in [-0.25, -0.2) is 9.97 Å². The number of aryl methyl sites for hydroxylation is 1. The summed E-state index contributed by atoms with van der Waals surface area (Å²) in [6.45, 7) is 8.94. The fraction of sp³-hybridized carbons (Fsp3) is 0.550. The second-order valence-corrected chi connectivity index (χ2v) is 9.81. The molecule has 3 rings (SSSR count). The van der Waals surface area contributed by atoms with E-state index in [1.165, 1.54) is 0 Å². The Balaban J connectivity index is 1.71. The van der Waals surface area contributed by atoms with E-state index < -0.39 is 0 Å². The molecule has 6 nitrogen and oxygen atoms in total. The first-order chi connectivity index (χ1) is 12.6. The SMILES string of the molecule is CC1(C)CC(Nc2nccc(-c3ccc(CCC(N)=O)s3)n2)CC(C)(C)N1. The van der Waals surface area contributed by atoms with E-state index in [0.717, 1.165) is 28.3 Å². The topological polar surface area (TPSA) is 92.9 Å². The molecule has 3 heterocycles. The van der Waals surface area contributed by atoms with Crippen LogP contribution in [0.5, 0.6) is 0 Å². The van der Waals surface area contributed by atoms with Gasteiger partial charge in [-0.1, -0.05) is 0 Å². The van der Waals surface area contributed by atoms with Crippen LogP contribution in [0.25, 0.3) is 10.6 Å². The summed E-state index contributed by atoms with van der Waals surface area (Å²) in [7, 11) is 0. The molecular formula is C20H29N5OS. The van der Waals surface area contributed by atoms with Gasteiger partial charge in [0, 0.05) is 34.6 Å². The third-order valence-corrected chi connectivity index (χ3v) is 5.88. The van der Waals surface area contributed by atoms with Crippen LogP contribution in [-0.4, -0.2) is 33.0 Å². The van der Waals surface area contributed by atoms with Gasteiger partial charge in [-0.2, -0.15) is 0 Å². The number of amides is 1. The molecule has 0 aliphatic carbocycles. The van der Waals surface area contributed by atoms with Crippen molar-refractivity contribution in [2.45, 2.75) is 70.5 Å². The Morgan fingerprint density at radius 3 is 2.63 bits per heavy atom. The van der Waals surface area contributed by atoms with Crippen LogP contribution in [0.15, 0.2) is 24.4 Å². The Labute approximate surface area is 165 Å². The van der Waals surface area contributed by atoms with Gasteiger partial charge < -0.3 is 16.4 Å². The molecule has 7 heteroatoms. The van der Waals surface area contributed by atoms with E-state index in [4.69, 9.17) is 10.7 Å². The van der Waals surface area contributed by atoms with E-state index in [-0.39, 0.29) is 17.0 Å². The molecule has 1 aliphatic heterocycles. The lowest BCUT2D eigenvalue weighted by Crippen LogP contribution is -2.60. The normalized spacial score (nSPS) is 19.0. The maximum Gasteiger partial charge on any atom is 0.223 e. The van der Waals surface area contributed by atoms with Gasteiger partial charge in [0.05, 0.1) is 10.6 Å². The van der Waals surface area contributed by atoms with Crippen LogP contribution < -0.4 is 16.4 Å². The summed E-state index contributed by atoms with van der Waals surface area (Å²) in [5, 5.41) is 7.23. The molecule has 0 bridgehead atoms. The fourth-order valence-corrected chi connectivity index (χ4v) is 5.05. The van der Waals surface area contributed by atoms with Crippen molar-refractivity contribution >= 4 is 23.2 Å². The van der Waals surface area contributed by atoms with E-state index in [0.29, 0.717) is 24.8 Å². The highest BCUT2D eigenvalue weighted by atomic mass is 32.1. The zero-order chi connectivity index (χ0) is 19.7. The average molecular weight is 388 g/mol. The Hall–Kier alpha value is -1.99. The fourth-order valence-electron chi connectivity index (χ4n) is 4.07. The molecule has 2 aromatic rings. The molecule has 1 amide bonds. The highest BCUT2D eigenvalue weighted by Crippen LogP contribution is 2.31. The second kappa shape index (κ2) is 7.56. The zero-order valence-corrected chi connectivity index (χ0v) is 17.3. The number of rotatable bonds is 6. The number of hydrogen-bond donors (Lipinski definition) is 3. The first-order valence-corrected chi connectivity index (χ1v) is 10.2. The van der Waals surface area contributed by atoms with Crippen molar-refractivity contribution in [1.29, 1.82) is 0 Å². The summed E-state index contributed by atoms with van der Waals surface area (Å²) < 4.78 is 0. The summed E-state index contributed by atoms with van der Waals surface area (Å²) in [6.07, 6.45) is 4.87. The number of nitrogens with one attached hydrogen (secondary N) is 2. The molecule has 1 saturated heterocycles. The quantitative estimate of drug-likeness (QED) is 0.707. The molecule has 1 fully saturated rings. The lowest BCUT2D eigenvalue weighted by atomic mass is 9.80. The highest BCUT2D eigenvalue weighted by Gasteiger charge is 2.37. The monoisotopic (exact) mass is 387 g/mol. The highest BCUT2D eigenvalue weighted by molar-refractivity contribution is 7.15. The molecule has 0 saturated carbocycles.